The number of hydrogen-bond donors (Lipinski definition) is 1. The Morgan fingerprint density at radius 3 is 1.85 bits per heavy atom. The highest BCUT2D eigenvalue weighted by molar-refractivity contribution is 7.96. The molecule has 0 aromatic heterocycles. The molecule has 0 bridgehead atoms. The Kier molecular flexibility index (Phi) is 9.72. The van der Waals surface area contributed by atoms with Gasteiger partial charge >= 0.3 is 0 Å². The van der Waals surface area contributed by atoms with Crippen LogP contribution in [0.15, 0.2) is 0 Å². The van der Waals surface area contributed by atoms with E-state index in [0.29, 0.717) is 0 Å². The van der Waals surface area contributed by atoms with Gasteiger partial charge < -0.3 is 15.0 Å². The lowest BCUT2D eigenvalue weighted by Gasteiger charge is -1.94. The molecule has 0 saturated heterocycles. The van der Waals surface area contributed by atoms with E-state index in [1.54, 1.807) is 0 Å². The zero-order valence-corrected chi connectivity index (χ0v) is 10.00. The summed E-state index contributed by atoms with van der Waals surface area (Å²) in [6.07, 6.45) is 3.74. The first kappa shape index (κ1) is 15.2. The number of aliphatic hydroxyl groups is 1. The van der Waals surface area contributed by atoms with Gasteiger partial charge in [0.1, 0.15) is 5.75 Å². The fourth-order valence-electron chi connectivity index (χ4n) is 0.236. The summed E-state index contributed by atoms with van der Waals surface area (Å²) in [6, 6.07) is 0. The molecule has 13 heavy (non-hydrogen) atoms. The summed E-state index contributed by atoms with van der Waals surface area (Å²) in [5.74, 6) is -0.617. The number of carboxylic acids is 1. The van der Waals surface area contributed by atoms with Crippen molar-refractivity contribution >= 4 is 34.1 Å². The molecule has 0 fully saturated rings. The molecule has 0 amide bonds. The van der Waals surface area contributed by atoms with Gasteiger partial charge in [-0.05, 0) is 23.1 Å². The van der Waals surface area contributed by atoms with Crippen molar-refractivity contribution < 1.29 is 15.0 Å². The minimum Gasteiger partial charge on any atom is -0.545 e. The molecule has 5 heteroatoms. The summed E-state index contributed by atoms with van der Waals surface area (Å²) in [4.78, 5) is 9.71. The van der Waals surface area contributed by atoms with Crippen molar-refractivity contribution in [3.05, 3.63) is 0 Å². The van der Waals surface area contributed by atoms with Crippen LogP contribution in [0.2, 0.25) is 0 Å². The van der Waals surface area contributed by atoms with Gasteiger partial charge in [-0.2, -0.15) is 0 Å². The van der Waals surface area contributed by atoms with Gasteiger partial charge in [0, 0.05) is 5.92 Å². The van der Waals surface area contributed by atoms with E-state index >= 15 is 0 Å². The van der Waals surface area contributed by atoms with E-state index in [9.17, 15) is 9.90 Å². The van der Waals surface area contributed by atoms with E-state index in [-0.39, 0.29) is 27.6 Å². The van der Waals surface area contributed by atoms with Gasteiger partial charge in [0.05, 0.1) is 18.5 Å². The molecule has 0 aliphatic heterocycles. The van der Waals surface area contributed by atoms with Crippen molar-refractivity contribution in [3.63, 3.8) is 0 Å². The molecule has 0 unspecified atom stereocenters. The van der Waals surface area contributed by atoms with E-state index in [1.165, 1.54) is 0 Å². The van der Waals surface area contributed by atoms with Crippen molar-refractivity contribution in [2.24, 2.45) is 5.92 Å². The zero-order chi connectivity index (χ0) is 11.0. The van der Waals surface area contributed by atoms with E-state index in [1.807, 2.05) is 26.4 Å². The van der Waals surface area contributed by atoms with Crippen molar-refractivity contribution in [3.8, 4) is 0 Å². The van der Waals surface area contributed by atoms with Gasteiger partial charge in [0.2, 0.25) is 0 Å². The number of thiocarbonyl (C=S) groups is 1. The largest absolute Gasteiger partial charge is 0.545 e. The fourth-order valence-corrected chi connectivity index (χ4v) is 0.707. The van der Waals surface area contributed by atoms with Gasteiger partial charge in [0.25, 0.3) is 0 Å². The lowest BCUT2D eigenvalue weighted by Crippen LogP contribution is -2.29. The van der Waals surface area contributed by atoms with Gasteiger partial charge in [0.15, 0.2) is 5.05 Å². The third-order valence-corrected chi connectivity index (χ3v) is 2.18. The summed E-state index contributed by atoms with van der Waals surface area (Å²) in [5.41, 5.74) is 0. The van der Waals surface area contributed by atoms with Crippen LogP contribution in [0.3, 0.4) is 0 Å². The molecule has 3 nitrogen and oxygen atoms in total. The van der Waals surface area contributed by atoms with Crippen molar-refractivity contribution in [1.29, 1.82) is 0 Å². The standard InChI is InChI=1S/C4H8O2S.C4H8OS/c1-7(2)3-4(5)6;1-3(2)4(5)6/h3H2,1-2H3;3H,1-2H3,(H,5,6). The Morgan fingerprint density at radius 2 is 1.85 bits per heavy atom. The van der Waals surface area contributed by atoms with E-state index in [4.69, 9.17) is 5.11 Å². The molecule has 0 saturated carbocycles. The van der Waals surface area contributed by atoms with Crippen LogP contribution in [0.1, 0.15) is 13.8 Å². The molecule has 78 valence electrons. The number of carbonyl (C=O) groups is 1. The molecule has 0 radical (unpaired) electrons. The SMILES string of the molecule is CC(C)C(O)=S.C[S+](C)CC(=O)[O-]. The van der Waals surface area contributed by atoms with Crippen LogP contribution in [-0.2, 0) is 15.7 Å². The normalized spacial score (nSPS) is 9.38. The van der Waals surface area contributed by atoms with Crippen LogP contribution in [0.25, 0.3) is 0 Å². The second-order valence-corrected chi connectivity index (χ2v) is 5.67. The highest BCUT2D eigenvalue weighted by atomic mass is 32.2. The summed E-state index contributed by atoms with van der Waals surface area (Å²) in [7, 11) is -0.00772. The maximum atomic E-state index is 9.71. The zero-order valence-electron chi connectivity index (χ0n) is 8.36. The topological polar surface area (TPSA) is 60.4 Å². The highest BCUT2D eigenvalue weighted by Gasteiger charge is 1.99. The quantitative estimate of drug-likeness (QED) is 0.547. The van der Waals surface area contributed by atoms with Crippen molar-refractivity contribution in [1.82, 2.24) is 0 Å². The third kappa shape index (κ3) is 18.6. The maximum Gasteiger partial charge on any atom is 0.159 e. The van der Waals surface area contributed by atoms with Gasteiger partial charge in [-0.1, -0.05) is 13.8 Å². The first-order valence-electron chi connectivity index (χ1n) is 3.74. The number of carboxylic acid groups (broad SMARTS) is 1. The Hall–Kier alpha value is -0.290. The van der Waals surface area contributed by atoms with E-state index in [2.05, 4.69) is 12.2 Å². The Morgan fingerprint density at radius 1 is 1.54 bits per heavy atom. The lowest BCUT2D eigenvalue weighted by atomic mass is 10.2. The number of carbonyl (C=O) groups excluding carboxylic acids is 1. The monoisotopic (exact) mass is 224 g/mol. The minimum absolute atomic E-state index is 0.00772. The van der Waals surface area contributed by atoms with Crippen LogP contribution in [0.4, 0.5) is 0 Å². The van der Waals surface area contributed by atoms with Crippen molar-refractivity contribution in [2.45, 2.75) is 13.8 Å². The Balaban J connectivity index is 0. The van der Waals surface area contributed by atoms with Gasteiger partial charge in [-0.25, -0.2) is 0 Å². The van der Waals surface area contributed by atoms with Crippen molar-refractivity contribution in [2.75, 3.05) is 18.3 Å². The first-order valence-corrected chi connectivity index (χ1v) is 6.36. The number of aliphatic carboxylic acids is 1. The minimum atomic E-state index is -0.951. The highest BCUT2D eigenvalue weighted by Crippen LogP contribution is 1.90. The maximum absolute atomic E-state index is 9.71. The smallest absolute Gasteiger partial charge is 0.159 e. The molecule has 0 aliphatic rings. The molecular formula is C8H16O3S2. The molecule has 0 atom stereocenters. The number of aliphatic hydroxyl groups excluding tert-OH is 1. The van der Waals surface area contributed by atoms with Gasteiger partial charge in [-0.15, -0.1) is 0 Å². The summed E-state index contributed by atoms with van der Waals surface area (Å²) >= 11 is 4.38. The first-order chi connectivity index (χ1) is 5.77. The molecule has 0 rings (SSSR count). The van der Waals surface area contributed by atoms with Crippen LogP contribution < -0.4 is 5.11 Å². The average Bonchev–Trinajstić information content (AvgIpc) is 1.84. The molecule has 0 spiro atoms. The molecular weight excluding hydrogens is 208 g/mol. The van der Waals surface area contributed by atoms with E-state index in [0.717, 1.165) is 0 Å². The second-order valence-electron chi connectivity index (χ2n) is 2.99. The predicted molar refractivity (Wildman–Crippen MR) is 59.2 cm³/mol. The summed E-state index contributed by atoms with van der Waals surface area (Å²) in [5, 5.41) is 18.2. The Labute approximate surface area is 87.5 Å². The third-order valence-electron chi connectivity index (χ3n) is 0.900. The van der Waals surface area contributed by atoms with Gasteiger partial charge in [-0.3, -0.25) is 0 Å². The molecule has 1 N–H and O–H groups in total. The summed E-state index contributed by atoms with van der Waals surface area (Å²) in [6.45, 7) is 3.70. The number of rotatable bonds is 3. The fraction of sp³-hybridized carbons (Fsp3) is 0.750. The van der Waals surface area contributed by atoms with E-state index < -0.39 is 5.97 Å². The van der Waals surface area contributed by atoms with Crippen LogP contribution in [0.5, 0.6) is 0 Å². The van der Waals surface area contributed by atoms with Crippen LogP contribution in [-0.4, -0.2) is 34.4 Å². The number of hydrogen-bond acceptors (Lipinski definition) is 3. The molecule has 0 aromatic carbocycles. The average molecular weight is 224 g/mol. The lowest BCUT2D eigenvalue weighted by molar-refractivity contribution is -0.301. The molecule has 0 aliphatic carbocycles. The summed E-state index contributed by atoms with van der Waals surface area (Å²) < 4.78 is 0. The second kappa shape index (κ2) is 8.31. The predicted octanol–water partition coefficient (Wildman–Crippen LogP) is 0.142. The Bertz CT molecular complexity index is 167. The molecule has 0 aromatic rings. The molecule has 0 heterocycles. The van der Waals surface area contributed by atoms with Crippen LogP contribution >= 0.6 is 12.2 Å². The van der Waals surface area contributed by atoms with Crippen LogP contribution in [0, 0.1) is 5.92 Å².